The van der Waals surface area contributed by atoms with Crippen LogP contribution in [0.25, 0.3) is 0 Å². The summed E-state index contributed by atoms with van der Waals surface area (Å²) in [5.74, 6) is -0.759. The van der Waals surface area contributed by atoms with Gasteiger partial charge in [0.1, 0.15) is 5.00 Å². The minimum Gasteiger partial charge on any atom is -0.365 e. The zero-order chi connectivity index (χ0) is 17.3. The summed E-state index contributed by atoms with van der Waals surface area (Å²) < 4.78 is 0. The van der Waals surface area contributed by atoms with Crippen LogP contribution in [-0.4, -0.2) is 16.9 Å². The zero-order valence-electron chi connectivity index (χ0n) is 13.1. The van der Waals surface area contributed by atoms with E-state index in [0.29, 0.717) is 16.1 Å². The van der Waals surface area contributed by atoms with E-state index in [9.17, 15) is 9.59 Å². The Morgan fingerprint density at radius 3 is 2.79 bits per heavy atom. The van der Waals surface area contributed by atoms with Crippen molar-refractivity contribution in [2.45, 2.75) is 26.2 Å². The Hall–Kier alpha value is -2.25. The molecule has 0 saturated heterocycles. The third kappa shape index (κ3) is 3.32. The van der Waals surface area contributed by atoms with Crippen LogP contribution in [0.1, 0.15) is 43.1 Å². The molecule has 1 aromatic carbocycles. The van der Waals surface area contributed by atoms with Crippen molar-refractivity contribution < 1.29 is 9.59 Å². The Bertz CT molecular complexity index is 842. The number of anilines is 1. The molecular weight excluding hydrogens is 342 g/mol. The molecule has 2 amide bonds. The van der Waals surface area contributed by atoms with Crippen LogP contribution < -0.4 is 16.4 Å². The second kappa shape index (κ2) is 6.70. The van der Waals surface area contributed by atoms with Gasteiger partial charge in [0.15, 0.2) is 5.11 Å². The number of benzene rings is 1. The second-order valence-corrected chi connectivity index (χ2v) is 7.22. The lowest BCUT2D eigenvalue weighted by molar-refractivity contribution is 0.0975. The summed E-state index contributed by atoms with van der Waals surface area (Å²) in [5.41, 5.74) is 8.55. The molecule has 0 spiro atoms. The summed E-state index contributed by atoms with van der Waals surface area (Å²) in [6.45, 7) is 1.92. The van der Waals surface area contributed by atoms with Gasteiger partial charge in [-0.3, -0.25) is 14.9 Å². The molecule has 2 aromatic rings. The molecule has 1 aromatic heterocycles. The molecule has 0 fully saturated rings. The number of carbonyl (C=O) groups excluding carboxylic acids is 2. The van der Waals surface area contributed by atoms with Gasteiger partial charge < -0.3 is 11.1 Å². The van der Waals surface area contributed by atoms with Crippen molar-refractivity contribution in [2.24, 2.45) is 5.73 Å². The number of hydrogen-bond donors (Lipinski definition) is 3. The molecule has 0 aliphatic heterocycles. The van der Waals surface area contributed by atoms with E-state index in [1.807, 2.05) is 19.1 Å². The van der Waals surface area contributed by atoms with Gasteiger partial charge in [0.25, 0.3) is 11.8 Å². The molecule has 3 rings (SSSR count). The van der Waals surface area contributed by atoms with E-state index in [2.05, 4.69) is 10.6 Å². The standard InChI is InChI=1S/C17H17N3O2S2/c1-9-4-2-5-10(8-9)15(22)19-17(23)20-16-13(14(18)21)11-6-3-7-12(11)24-16/h2,4-5,8H,3,6-7H2,1H3,(H2,18,21)(H2,19,20,22,23). The van der Waals surface area contributed by atoms with Crippen LogP contribution in [0.4, 0.5) is 5.00 Å². The monoisotopic (exact) mass is 359 g/mol. The Balaban J connectivity index is 1.74. The number of primary amides is 1. The van der Waals surface area contributed by atoms with E-state index in [4.69, 9.17) is 18.0 Å². The molecule has 0 bridgehead atoms. The fraction of sp³-hybridized carbons (Fsp3) is 0.235. The molecule has 1 aliphatic rings. The number of thiocarbonyl (C=S) groups is 1. The maximum atomic E-state index is 12.2. The van der Waals surface area contributed by atoms with E-state index in [0.717, 1.165) is 30.4 Å². The molecule has 1 aliphatic carbocycles. The Labute approximate surface area is 149 Å². The lowest BCUT2D eigenvalue weighted by atomic mass is 10.1. The van der Waals surface area contributed by atoms with Gasteiger partial charge in [0, 0.05) is 10.4 Å². The van der Waals surface area contributed by atoms with E-state index in [1.165, 1.54) is 16.2 Å². The molecule has 24 heavy (non-hydrogen) atoms. The molecule has 5 nitrogen and oxygen atoms in total. The number of carbonyl (C=O) groups is 2. The highest BCUT2D eigenvalue weighted by Crippen LogP contribution is 2.38. The largest absolute Gasteiger partial charge is 0.365 e. The maximum Gasteiger partial charge on any atom is 0.257 e. The number of amides is 2. The van der Waals surface area contributed by atoms with E-state index >= 15 is 0 Å². The quantitative estimate of drug-likeness (QED) is 0.736. The van der Waals surface area contributed by atoms with Crippen LogP contribution in [0, 0.1) is 6.92 Å². The van der Waals surface area contributed by atoms with Crippen LogP contribution in [-0.2, 0) is 12.8 Å². The lowest BCUT2D eigenvalue weighted by Crippen LogP contribution is -2.34. The van der Waals surface area contributed by atoms with Crippen molar-refractivity contribution >= 4 is 45.5 Å². The fourth-order valence-electron chi connectivity index (χ4n) is 2.85. The minimum atomic E-state index is -0.468. The van der Waals surface area contributed by atoms with Crippen molar-refractivity contribution in [1.82, 2.24) is 5.32 Å². The number of thiophene rings is 1. The summed E-state index contributed by atoms with van der Waals surface area (Å²) in [6, 6.07) is 7.24. The third-order valence-electron chi connectivity index (χ3n) is 3.90. The van der Waals surface area contributed by atoms with E-state index < -0.39 is 5.91 Å². The van der Waals surface area contributed by atoms with Crippen molar-refractivity contribution in [3.8, 4) is 0 Å². The molecule has 0 radical (unpaired) electrons. The summed E-state index contributed by atoms with van der Waals surface area (Å²) in [6.07, 6.45) is 2.84. The number of nitrogens with two attached hydrogens (primary N) is 1. The van der Waals surface area contributed by atoms with E-state index in [-0.39, 0.29) is 11.0 Å². The van der Waals surface area contributed by atoms with Gasteiger partial charge in [-0.15, -0.1) is 11.3 Å². The first-order valence-corrected chi connectivity index (χ1v) is 8.81. The van der Waals surface area contributed by atoms with Gasteiger partial charge in [0.05, 0.1) is 5.56 Å². The highest BCUT2D eigenvalue weighted by Gasteiger charge is 2.25. The maximum absolute atomic E-state index is 12.2. The molecule has 7 heteroatoms. The SMILES string of the molecule is Cc1cccc(C(=O)NC(=S)Nc2sc3c(c2C(N)=O)CCC3)c1. The zero-order valence-corrected chi connectivity index (χ0v) is 14.8. The van der Waals surface area contributed by atoms with Gasteiger partial charge >= 0.3 is 0 Å². The summed E-state index contributed by atoms with van der Waals surface area (Å²) >= 11 is 6.69. The molecule has 124 valence electrons. The van der Waals surface area contributed by atoms with Crippen molar-refractivity contribution in [2.75, 3.05) is 5.32 Å². The van der Waals surface area contributed by atoms with Crippen molar-refractivity contribution in [1.29, 1.82) is 0 Å². The Morgan fingerprint density at radius 2 is 2.08 bits per heavy atom. The van der Waals surface area contributed by atoms with Gasteiger partial charge in [-0.1, -0.05) is 17.7 Å². The number of aryl methyl sites for hydroxylation is 2. The van der Waals surface area contributed by atoms with Gasteiger partial charge in [-0.2, -0.15) is 0 Å². The summed E-state index contributed by atoms with van der Waals surface area (Å²) in [5, 5.41) is 6.36. The number of rotatable bonds is 3. The van der Waals surface area contributed by atoms with Gasteiger partial charge in [-0.25, -0.2) is 0 Å². The fourth-order valence-corrected chi connectivity index (χ4v) is 4.41. The second-order valence-electron chi connectivity index (χ2n) is 5.70. The average Bonchev–Trinajstić information content (AvgIpc) is 3.06. The first-order valence-electron chi connectivity index (χ1n) is 7.59. The molecule has 0 atom stereocenters. The van der Waals surface area contributed by atoms with Gasteiger partial charge in [-0.05, 0) is 56.1 Å². The lowest BCUT2D eigenvalue weighted by Gasteiger charge is -2.10. The van der Waals surface area contributed by atoms with Crippen molar-refractivity contribution in [3.63, 3.8) is 0 Å². The predicted molar refractivity (Wildman–Crippen MR) is 99.7 cm³/mol. The number of hydrogen-bond acceptors (Lipinski definition) is 4. The summed E-state index contributed by atoms with van der Waals surface area (Å²) in [4.78, 5) is 25.2. The molecule has 0 unspecified atom stereocenters. The Morgan fingerprint density at radius 1 is 1.29 bits per heavy atom. The smallest absolute Gasteiger partial charge is 0.257 e. The van der Waals surface area contributed by atoms with Crippen LogP contribution in [0.15, 0.2) is 24.3 Å². The van der Waals surface area contributed by atoms with Crippen LogP contribution in [0.5, 0.6) is 0 Å². The van der Waals surface area contributed by atoms with Crippen LogP contribution >= 0.6 is 23.6 Å². The highest BCUT2D eigenvalue weighted by molar-refractivity contribution is 7.80. The molecular formula is C17H17N3O2S2. The molecule has 0 saturated carbocycles. The van der Waals surface area contributed by atoms with Crippen LogP contribution in [0.2, 0.25) is 0 Å². The normalized spacial score (nSPS) is 12.5. The predicted octanol–water partition coefficient (Wildman–Crippen LogP) is 2.77. The minimum absolute atomic E-state index is 0.156. The topological polar surface area (TPSA) is 84.2 Å². The van der Waals surface area contributed by atoms with E-state index in [1.54, 1.807) is 12.1 Å². The van der Waals surface area contributed by atoms with Crippen molar-refractivity contribution in [3.05, 3.63) is 51.4 Å². The van der Waals surface area contributed by atoms with Gasteiger partial charge in [0.2, 0.25) is 0 Å². The molecule has 4 N–H and O–H groups in total. The molecule has 1 heterocycles. The van der Waals surface area contributed by atoms with Crippen LogP contribution in [0.3, 0.4) is 0 Å². The highest BCUT2D eigenvalue weighted by atomic mass is 32.1. The average molecular weight is 359 g/mol. The summed E-state index contributed by atoms with van der Waals surface area (Å²) in [7, 11) is 0. The number of nitrogens with one attached hydrogen (secondary N) is 2. The third-order valence-corrected chi connectivity index (χ3v) is 5.31. The Kier molecular flexibility index (Phi) is 4.64. The number of fused-ring (bicyclic) bond motifs is 1. The first-order chi connectivity index (χ1) is 11.5. The first kappa shape index (κ1) is 16.6.